The molecule has 1 unspecified atom stereocenters. The molecule has 0 aliphatic carbocycles. The lowest BCUT2D eigenvalue weighted by atomic mass is 10.2. The summed E-state index contributed by atoms with van der Waals surface area (Å²) in [6.07, 6.45) is 3.31. The number of nitrogens with one attached hydrogen (secondary N) is 2. The molecule has 2 aromatic heterocycles. The monoisotopic (exact) mass is 276 g/mol. The first-order chi connectivity index (χ1) is 9.19. The molecule has 1 atom stereocenters. The Kier molecular flexibility index (Phi) is 2.83. The van der Waals surface area contributed by atoms with Crippen LogP contribution in [0.3, 0.4) is 0 Å². The summed E-state index contributed by atoms with van der Waals surface area (Å²) in [5.41, 5.74) is 2.35. The van der Waals surface area contributed by atoms with Crippen LogP contribution in [0.1, 0.15) is 0 Å². The first-order valence-electron chi connectivity index (χ1n) is 5.60. The highest BCUT2D eigenvalue weighted by molar-refractivity contribution is 7.84. The number of aromatic nitrogens is 4. The molecule has 0 aliphatic rings. The summed E-state index contributed by atoms with van der Waals surface area (Å²) >= 11 is 0. The van der Waals surface area contributed by atoms with Crippen molar-refractivity contribution in [3.8, 4) is 17.1 Å². The number of aromatic amines is 2. The molecule has 6 nitrogen and oxygen atoms in total. The number of benzene rings is 1. The first kappa shape index (κ1) is 11.9. The highest BCUT2D eigenvalue weighted by Gasteiger charge is 2.13. The van der Waals surface area contributed by atoms with Gasteiger partial charge in [-0.05, 0) is 18.2 Å². The molecular weight excluding hydrogens is 264 g/mol. The van der Waals surface area contributed by atoms with E-state index in [1.165, 1.54) is 0 Å². The molecule has 3 aromatic rings. The summed E-state index contributed by atoms with van der Waals surface area (Å²) in [7, 11) is 0.542. The number of H-pyrrole nitrogens is 2. The number of methoxy groups -OCH3 is 1. The minimum absolute atomic E-state index is 0.636. The molecule has 7 heteroatoms. The Balaban J connectivity index is 2.13. The lowest BCUT2D eigenvalue weighted by molar-refractivity contribution is 0.415. The number of fused-ring (bicyclic) bond motifs is 1. The molecule has 0 bridgehead atoms. The van der Waals surface area contributed by atoms with Gasteiger partial charge in [0.15, 0.2) is 5.65 Å². The van der Waals surface area contributed by atoms with E-state index in [0.717, 1.165) is 16.0 Å². The fourth-order valence-corrected chi connectivity index (χ4v) is 2.43. The summed E-state index contributed by atoms with van der Waals surface area (Å²) in [5, 5.41) is 6.68. The smallest absolute Gasteiger partial charge is 0.174 e. The van der Waals surface area contributed by atoms with Gasteiger partial charge in [-0.1, -0.05) is 0 Å². The zero-order chi connectivity index (χ0) is 13.4. The number of rotatable bonds is 3. The second-order valence-corrected chi connectivity index (χ2v) is 5.41. The van der Waals surface area contributed by atoms with Gasteiger partial charge in [-0.2, -0.15) is 5.10 Å². The van der Waals surface area contributed by atoms with E-state index in [0.29, 0.717) is 17.2 Å². The number of nitrogens with zero attached hydrogens (tertiary/aromatic N) is 2. The Morgan fingerprint density at radius 2 is 2.21 bits per heavy atom. The molecule has 0 aliphatic heterocycles. The highest BCUT2D eigenvalue weighted by atomic mass is 32.2. The van der Waals surface area contributed by atoms with E-state index in [1.54, 1.807) is 25.6 Å². The van der Waals surface area contributed by atoms with Gasteiger partial charge in [0.1, 0.15) is 17.1 Å². The standard InChI is InChI=1S/C12H12N4O2S/c1-18-10-5-7(19(2)17)3-4-8(10)11-14-9-6-13-16-12(9)15-11/h3-6H,1-2H3,(H2,13,14,15,16). The zero-order valence-corrected chi connectivity index (χ0v) is 11.2. The Hall–Kier alpha value is -2.15. The molecule has 0 amide bonds. The van der Waals surface area contributed by atoms with Gasteiger partial charge in [0.05, 0.1) is 18.9 Å². The molecule has 2 heterocycles. The summed E-state index contributed by atoms with van der Waals surface area (Å²) in [5.74, 6) is 1.32. The number of imidazole rings is 1. The fraction of sp³-hybridized carbons (Fsp3) is 0.167. The van der Waals surface area contributed by atoms with E-state index in [4.69, 9.17) is 4.74 Å². The van der Waals surface area contributed by atoms with Gasteiger partial charge in [0.2, 0.25) is 0 Å². The van der Waals surface area contributed by atoms with Crippen LogP contribution in [0, 0.1) is 0 Å². The van der Waals surface area contributed by atoms with Gasteiger partial charge in [0, 0.05) is 22.0 Å². The molecular formula is C12H12N4O2S. The van der Waals surface area contributed by atoms with Crippen molar-refractivity contribution in [1.29, 1.82) is 0 Å². The molecule has 0 saturated carbocycles. The number of ether oxygens (including phenoxy) is 1. The van der Waals surface area contributed by atoms with Crippen molar-refractivity contribution < 1.29 is 8.95 Å². The van der Waals surface area contributed by atoms with E-state index in [2.05, 4.69) is 20.2 Å². The minimum atomic E-state index is -1.04. The van der Waals surface area contributed by atoms with Crippen LogP contribution in [0.15, 0.2) is 29.3 Å². The zero-order valence-electron chi connectivity index (χ0n) is 10.4. The van der Waals surface area contributed by atoms with E-state index < -0.39 is 10.8 Å². The van der Waals surface area contributed by atoms with Crippen molar-refractivity contribution >= 4 is 22.0 Å². The molecule has 0 radical (unpaired) electrons. The summed E-state index contributed by atoms with van der Waals surface area (Å²) in [6, 6.07) is 5.42. The van der Waals surface area contributed by atoms with E-state index in [-0.39, 0.29) is 0 Å². The van der Waals surface area contributed by atoms with Crippen LogP contribution >= 0.6 is 0 Å². The Morgan fingerprint density at radius 3 is 2.89 bits per heavy atom. The van der Waals surface area contributed by atoms with Crippen molar-refractivity contribution in [2.45, 2.75) is 4.90 Å². The third-order valence-corrected chi connectivity index (χ3v) is 3.77. The van der Waals surface area contributed by atoms with Crippen molar-refractivity contribution in [2.24, 2.45) is 0 Å². The van der Waals surface area contributed by atoms with E-state index in [9.17, 15) is 4.21 Å². The molecule has 3 rings (SSSR count). The maximum Gasteiger partial charge on any atom is 0.174 e. The summed E-state index contributed by atoms with van der Waals surface area (Å²) < 4.78 is 16.8. The number of hydrogen-bond donors (Lipinski definition) is 2. The maximum atomic E-state index is 11.5. The maximum absolute atomic E-state index is 11.5. The van der Waals surface area contributed by atoms with Gasteiger partial charge in [0.25, 0.3) is 0 Å². The van der Waals surface area contributed by atoms with Gasteiger partial charge in [-0.15, -0.1) is 0 Å². The van der Waals surface area contributed by atoms with Crippen LogP contribution in [0.25, 0.3) is 22.6 Å². The second-order valence-electron chi connectivity index (χ2n) is 4.03. The van der Waals surface area contributed by atoms with Crippen LogP contribution in [0.5, 0.6) is 5.75 Å². The largest absolute Gasteiger partial charge is 0.496 e. The summed E-state index contributed by atoms with van der Waals surface area (Å²) in [4.78, 5) is 8.27. The molecule has 0 spiro atoms. The van der Waals surface area contributed by atoms with Crippen molar-refractivity contribution in [3.05, 3.63) is 24.4 Å². The molecule has 19 heavy (non-hydrogen) atoms. The van der Waals surface area contributed by atoms with Crippen LogP contribution < -0.4 is 4.74 Å². The minimum Gasteiger partial charge on any atom is -0.496 e. The van der Waals surface area contributed by atoms with Crippen molar-refractivity contribution in [1.82, 2.24) is 20.2 Å². The average Bonchev–Trinajstić information content (AvgIpc) is 2.98. The van der Waals surface area contributed by atoms with Crippen LogP contribution in [-0.4, -0.2) is 37.7 Å². The molecule has 1 aromatic carbocycles. The van der Waals surface area contributed by atoms with Crippen LogP contribution in [0.2, 0.25) is 0 Å². The van der Waals surface area contributed by atoms with Crippen molar-refractivity contribution in [2.75, 3.05) is 13.4 Å². The third-order valence-electron chi connectivity index (χ3n) is 2.86. The predicted molar refractivity (Wildman–Crippen MR) is 72.6 cm³/mol. The topological polar surface area (TPSA) is 83.7 Å². The molecule has 98 valence electrons. The lowest BCUT2D eigenvalue weighted by Crippen LogP contribution is -1.93. The Labute approximate surface area is 111 Å². The highest BCUT2D eigenvalue weighted by Crippen LogP contribution is 2.30. The van der Waals surface area contributed by atoms with Gasteiger partial charge < -0.3 is 9.72 Å². The van der Waals surface area contributed by atoms with Crippen LogP contribution in [0.4, 0.5) is 0 Å². The summed E-state index contributed by atoms with van der Waals surface area (Å²) in [6.45, 7) is 0. The van der Waals surface area contributed by atoms with Gasteiger partial charge in [-0.3, -0.25) is 9.31 Å². The van der Waals surface area contributed by atoms with Gasteiger partial charge in [-0.25, -0.2) is 4.98 Å². The number of hydrogen-bond acceptors (Lipinski definition) is 4. The van der Waals surface area contributed by atoms with Crippen molar-refractivity contribution in [3.63, 3.8) is 0 Å². The quantitative estimate of drug-likeness (QED) is 0.762. The van der Waals surface area contributed by atoms with E-state index in [1.807, 2.05) is 12.1 Å². The van der Waals surface area contributed by atoms with Gasteiger partial charge >= 0.3 is 0 Å². The lowest BCUT2D eigenvalue weighted by Gasteiger charge is -2.07. The van der Waals surface area contributed by atoms with Crippen LogP contribution in [-0.2, 0) is 10.8 Å². The van der Waals surface area contributed by atoms with E-state index >= 15 is 0 Å². The molecule has 0 saturated heterocycles. The predicted octanol–water partition coefficient (Wildman–Crippen LogP) is 1.70. The Morgan fingerprint density at radius 1 is 1.37 bits per heavy atom. The average molecular weight is 276 g/mol. The first-order valence-corrected chi connectivity index (χ1v) is 7.16. The fourth-order valence-electron chi connectivity index (χ4n) is 1.90. The SMILES string of the molecule is COc1cc(S(C)=O)ccc1-c1nc2[nH]ncc2[nH]1. The molecule has 0 fully saturated rings. The third kappa shape index (κ3) is 2.01. The molecule has 2 N–H and O–H groups in total. The normalized spacial score (nSPS) is 12.7. The second kappa shape index (κ2) is 4.51. The Bertz CT molecular complexity index is 734.